The molecule has 1 aromatic carbocycles. The number of nitrogens with one attached hydrogen (secondary N) is 2. The van der Waals surface area contributed by atoms with Crippen LogP contribution < -0.4 is 10.9 Å². The van der Waals surface area contributed by atoms with Crippen molar-refractivity contribution in [1.29, 1.82) is 0 Å². The van der Waals surface area contributed by atoms with Crippen molar-refractivity contribution in [3.63, 3.8) is 0 Å². The molecule has 1 amide bonds. The number of hydrogen-bond acceptors (Lipinski definition) is 3. The van der Waals surface area contributed by atoms with Crippen LogP contribution in [0.3, 0.4) is 0 Å². The number of Topliss-reactive ketones (excluding diaryl/α,β-unsaturated/α-hetero) is 1. The summed E-state index contributed by atoms with van der Waals surface area (Å²) >= 11 is 0. The van der Waals surface area contributed by atoms with Gasteiger partial charge in [-0.1, -0.05) is 12.1 Å². The summed E-state index contributed by atoms with van der Waals surface area (Å²) in [4.78, 5) is 22.8. The van der Waals surface area contributed by atoms with Gasteiger partial charge in [0.15, 0.2) is 5.78 Å². The van der Waals surface area contributed by atoms with Gasteiger partial charge in [-0.15, -0.1) is 0 Å². The molecule has 2 N–H and O–H groups in total. The predicted molar refractivity (Wildman–Crippen MR) is 66.8 cm³/mol. The monoisotopic (exact) mass is 234 g/mol. The van der Waals surface area contributed by atoms with Crippen molar-refractivity contribution < 1.29 is 9.59 Å². The van der Waals surface area contributed by atoms with Gasteiger partial charge in [0.25, 0.3) is 5.91 Å². The molecular formula is C13H18N2O2. The molecule has 0 unspecified atom stereocenters. The number of carbonyl (C=O) groups is 2. The second-order valence-electron chi connectivity index (χ2n) is 4.96. The first kappa shape index (κ1) is 13.4. The van der Waals surface area contributed by atoms with E-state index in [0.29, 0.717) is 11.1 Å². The maximum Gasteiger partial charge on any atom is 0.265 e. The summed E-state index contributed by atoms with van der Waals surface area (Å²) in [6.07, 6.45) is 0. The van der Waals surface area contributed by atoms with E-state index in [1.807, 2.05) is 20.8 Å². The summed E-state index contributed by atoms with van der Waals surface area (Å²) in [5.41, 5.74) is 6.44. The molecule has 0 aromatic heterocycles. The molecule has 0 aliphatic heterocycles. The molecular weight excluding hydrogens is 216 g/mol. The Morgan fingerprint density at radius 2 is 1.47 bits per heavy atom. The normalized spacial score (nSPS) is 11.1. The Bertz CT molecular complexity index is 416. The number of carbonyl (C=O) groups excluding carboxylic acids is 2. The highest BCUT2D eigenvalue weighted by Crippen LogP contribution is 2.05. The lowest BCUT2D eigenvalue weighted by Crippen LogP contribution is -2.48. The Kier molecular flexibility index (Phi) is 4.02. The second kappa shape index (κ2) is 5.10. The van der Waals surface area contributed by atoms with Gasteiger partial charge >= 0.3 is 0 Å². The van der Waals surface area contributed by atoms with Gasteiger partial charge in [0.1, 0.15) is 0 Å². The molecule has 0 heterocycles. The third-order valence-electron chi connectivity index (χ3n) is 2.10. The third-order valence-corrected chi connectivity index (χ3v) is 2.10. The van der Waals surface area contributed by atoms with Crippen molar-refractivity contribution in [2.45, 2.75) is 33.2 Å². The van der Waals surface area contributed by atoms with E-state index < -0.39 is 0 Å². The zero-order chi connectivity index (χ0) is 13.1. The number of amides is 1. The Balaban J connectivity index is 2.67. The van der Waals surface area contributed by atoms with Crippen LogP contribution in [0.4, 0.5) is 0 Å². The molecule has 92 valence electrons. The lowest BCUT2D eigenvalue weighted by Gasteiger charge is -2.20. The van der Waals surface area contributed by atoms with Crippen molar-refractivity contribution in [2.24, 2.45) is 0 Å². The molecule has 0 radical (unpaired) electrons. The first-order valence-electron chi connectivity index (χ1n) is 5.48. The molecule has 0 aliphatic carbocycles. The molecule has 0 aliphatic rings. The van der Waals surface area contributed by atoms with E-state index in [-0.39, 0.29) is 17.2 Å². The molecule has 0 saturated heterocycles. The largest absolute Gasteiger partial charge is 0.295 e. The van der Waals surface area contributed by atoms with E-state index in [9.17, 15) is 9.59 Å². The fourth-order valence-electron chi connectivity index (χ4n) is 1.17. The highest BCUT2D eigenvalue weighted by atomic mass is 16.2. The molecule has 4 heteroatoms. The van der Waals surface area contributed by atoms with E-state index in [0.717, 1.165) is 0 Å². The number of ketones is 1. The number of hydrogen-bond donors (Lipinski definition) is 2. The summed E-state index contributed by atoms with van der Waals surface area (Å²) in [6.45, 7) is 7.35. The standard InChI is InChI=1S/C13H18N2O2/c1-9(16)10-5-7-11(8-6-10)12(17)14-15-13(2,3)4/h5-8,15H,1-4H3,(H,14,17). The number of rotatable bonds is 3. The van der Waals surface area contributed by atoms with E-state index in [1.165, 1.54) is 6.92 Å². The van der Waals surface area contributed by atoms with Crippen LogP contribution >= 0.6 is 0 Å². The Labute approximate surface area is 101 Å². The van der Waals surface area contributed by atoms with Crippen LogP contribution in [0.2, 0.25) is 0 Å². The molecule has 17 heavy (non-hydrogen) atoms. The van der Waals surface area contributed by atoms with Crippen molar-refractivity contribution in [2.75, 3.05) is 0 Å². The van der Waals surface area contributed by atoms with Crippen LogP contribution in [0, 0.1) is 0 Å². The van der Waals surface area contributed by atoms with Gasteiger partial charge in [0, 0.05) is 16.7 Å². The van der Waals surface area contributed by atoms with Gasteiger partial charge in [0.05, 0.1) is 0 Å². The highest BCUT2D eigenvalue weighted by molar-refractivity contribution is 5.97. The zero-order valence-electron chi connectivity index (χ0n) is 10.6. The SMILES string of the molecule is CC(=O)c1ccc(C(=O)NNC(C)(C)C)cc1. The van der Waals surface area contributed by atoms with Crippen molar-refractivity contribution in [3.8, 4) is 0 Å². The van der Waals surface area contributed by atoms with Crippen LogP contribution in [-0.4, -0.2) is 17.2 Å². The maximum atomic E-state index is 11.7. The zero-order valence-corrected chi connectivity index (χ0v) is 10.6. The molecule has 0 fully saturated rings. The van der Waals surface area contributed by atoms with Crippen molar-refractivity contribution in [3.05, 3.63) is 35.4 Å². The van der Waals surface area contributed by atoms with Crippen LogP contribution in [0.1, 0.15) is 48.4 Å². The van der Waals surface area contributed by atoms with Crippen LogP contribution in [-0.2, 0) is 0 Å². The predicted octanol–water partition coefficient (Wildman–Crippen LogP) is 1.92. The molecule has 1 aromatic rings. The summed E-state index contributed by atoms with van der Waals surface area (Å²) in [5, 5.41) is 0. The van der Waals surface area contributed by atoms with E-state index >= 15 is 0 Å². The first-order valence-corrected chi connectivity index (χ1v) is 5.48. The average molecular weight is 234 g/mol. The third kappa shape index (κ3) is 4.36. The minimum absolute atomic E-state index is 0.00947. The maximum absolute atomic E-state index is 11.7. The topological polar surface area (TPSA) is 58.2 Å². The smallest absolute Gasteiger partial charge is 0.265 e. The molecule has 0 bridgehead atoms. The van der Waals surface area contributed by atoms with Crippen molar-refractivity contribution >= 4 is 11.7 Å². The number of hydrazine groups is 1. The quantitative estimate of drug-likeness (QED) is 0.620. The first-order chi connectivity index (χ1) is 7.79. The molecule has 0 spiro atoms. The highest BCUT2D eigenvalue weighted by Gasteiger charge is 2.12. The minimum Gasteiger partial charge on any atom is -0.295 e. The summed E-state index contributed by atoms with van der Waals surface area (Å²) in [7, 11) is 0. The Morgan fingerprint density at radius 1 is 1.00 bits per heavy atom. The van der Waals surface area contributed by atoms with Gasteiger partial charge in [-0.25, -0.2) is 5.43 Å². The van der Waals surface area contributed by atoms with Gasteiger partial charge in [-0.05, 0) is 39.8 Å². The molecule has 0 atom stereocenters. The van der Waals surface area contributed by atoms with Crippen molar-refractivity contribution in [1.82, 2.24) is 10.9 Å². The molecule has 4 nitrogen and oxygen atoms in total. The molecule has 1 rings (SSSR count). The Morgan fingerprint density at radius 3 is 1.88 bits per heavy atom. The summed E-state index contributed by atoms with van der Waals surface area (Å²) < 4.78 is 0. The van der Waals surface area contributed by atoms with Gasteiger partial charge < -0.3 is 0 Å². The average Bonchev–Trinajstić information content (AvgIpc) is 2.25. The van der Waals surface area contributed by atoms with Gasteiger partial charge in [-0.3, -0.25) is 15.0 Å². The van der Waals surface area contributed by atoms with E-state index in [1.54, 1.807) is 24.3 Å². The van der Waals surface area contributed by atoms with Gasteiger partial charge in [-0.2, -0.15) is 0 Å². The van der Waals surface area contributed by atoms with Crippen LogP contribution in [0.5, 0.6) is 0 Å². The fourth-order valence-corrected chi connectivity index (χ4v) is 1.17. The Hall–Kier alpha value is -1.68. The van der Waals surface area contributed by atoms with Crippen LogP contribution in [0.15, 0.2) is 24.3 Å². The minimum atomic E-state index is -0.213. The number of benzene rings is 1. The molecule has 0 saturated carbocycles. The summed E-state index contributed by atoms with van der Waals surface area (Å²) in [6, 6.07) is 6.56. The fraction of sp³-hybridized carbons (Fsp3) is 0.385. The van der Waals surface area contributed by atoms with Gasteiger partial charge in [0.2, 0.25) is 0 Å². The second-order valence-corrected chi connectivity index (χ2v) is 4.96. The summed E-state index contributed by atoms with van der Waals surface area (Å²) in [5.74, 6) is -0.222. The lowest BCUT2D eigenvalue weighted by atomic mass is 10.1. The van der Waals surface area contributed by atoms with Crippen LogP contribution in [0.25, 0.3) is 0 Å². The lowest BCUT2D eigenvalue weighted by molar-refractivity contribution is 0.0913. The van der Waals surface area contributed by atoms with E-state index in [4.69, 9.17) is 0 Å². The van der Waals surface area contributed by atoms with E-state index in [2.05, 4.69) is 10.9 Å².